The van der Waals surface area contributed by atoms with Crippen LogP contribution in [0.25, 0.3) is 0 Å². The Hall–Kier alpha value is -1.80. The second kappa shape index (κ2) is 5.53. The molecule has 0 spiro atoms. The van der Waals surface area contributed by atoms with E-state index in [0.29, 0.717) is 12.1 Å². The van der Waals surface area contributed by atoms with Gasteiger partial charge in [-0.05, 0) is 31.2 Å². The maximum Gasteiger partial charge on any atom is 0.264 e. The molecule has 0 saturated heterocycles. The first-order valence-electron chi connectivity index (χ1n) is 5.52. The van der Waals surface area contributed by atoms with Gasteiger partial charge in [-0.15, -0.1) is 0 Å². The largest absolute Gasteiger partial charge is 0.278 e. The number of pyridine rings is 1. The van der Waals surface area contributed by atoms with Gasteiger partial charge in [0.25, 0.3) is 10.0 Å². The van der Waals surface area contributed by atoms with Crippen molar-refractivity contribution in [2.45, 2.75) is 11.8 Å². The van der Waals surface area contributed by atoms with Gasteiger partial charge in [0.2, 0.25) is 0 Å². The Morgan fingerprint density at radius 2 is 1.76 bits per heavy atom. The molecule has 0 atom stereocenters. The molecular formula is C12H8ClF3N2O2S. The molecule has 0 aliphatic carbocycles. The number of anilines is 1. The summed E-state index contributed by atoms with van der Waals surface area (Å²) >= 11 is 5.63. The van der Waals surface area contributed by atoms with Crippen LogP contribution in [0.5, 0.6) is 0 Å². The Kier molecular flexibility index (Phi) is 4.11. The van der Waals surface area contributed by atoms with Crippen molar-refractivity contribution in [2.24, 2.45) is 0 Å². The van der Waals surface area contributed by atoms with E-state index in [1.165, 1.54) is 19.1 Å². The molecule has 1 N–H and O–H groups in total. The van der Waals surface area contributed by atoms with Gasteiger partial charge >= 0.3 is 0 Å². The highest BCUT2D eigenvalue weighted by Crippen LogP contribution is 2.24. The summed E-state index contributed by atoms with van der Waals surface area (Å²) in [6, 6.07) is 3.81. The summed E-state index contributed by atoms with van der Waals surface area (Å²) < 4.78 is 65.6. The topological polar surface area (TPSA) is 59.1 Å². The van der Waals surface area contributed by atoms with Crippen LogP contribution in [0.1, 0.15) is 5.69 Å². The number of nitrogens with zero attached hydrogens (tertiary/aromatic N) is 1. The van der Waals surface area contributed by atoms with Crippen molar-refractivity contribution in [1.82, 2.24) is 4.98 Å². The number of aryl methyl sites for hydroxylation is 1. The van der Waals surface area contributed by atoms with Crippen molar-refractivity contribution in [2.75, 3.05) is 4.72 Å². The number of nitrogens with one attached hydrogen (secondary N) is 1. The van der Waals surface area contributed by atoms with Crippen molar-refractivity contribution >= 4 is 27.3 Å². The van der Waals surface area contributed by atoms with Crippen molar-refractivity contribution < 1.29 is 21.6 Å². The molecule has 0 unspecified atom stereocenters. The van der Waals surface area contributed by atoms with Crippen LogP contribution in [-0.4, -0.2) is 13.4 Å². The Bertz CT molecular complexity index is 812. The number of rotatable bonds is 3. The SMILES string of the molecule is Cc1nc(Cl)ccc1NS(=O)(=O)c1ccc(F)c(F)c1F. The Morgan fingerprint density at radius 1 is 1.10 bits per heavy atom. The molecule has 9 heteroatoms. The minimum Gasteiger partial charge on any atom is -0.278 e. The number of benzene rings is 1. The van der Waals surface area contributed by atoms with Crippen LogP contribution in [0.3, 0.4) is 0 Å². The third kappa shape index (κ3) is 3.11. The van der Waals surface area contributed by atoms with Crippen molar-refractivity contribution in [1.29, 1.82) is 0 Å². The highest BCUT2D eigenvalue weighted by Gasteiger charge is 2.24. The zero-order valence-corrected chi connectivity index (χ0v) is 12.1. The average Bonchev–Trinajstić information content (AvgIpc) is 2.39. The fourth-order valence-corrected chi connectivity index (χ4v) is 2.93. The molecule has 0 aliphatic rings. The zero-order valence-electron chi connectivity index (χ0n) is 10.5. The third-order valence-corrected chi connectivity index (χ3v) is 4.18. The lowest BCUT2D eigenvalue weighted by atomic mass is 10.3. The van der Waals surface area contributed by atoms with Gasteiger partial charge in [0.15, 0.2) is 17.5 Å². The van der Waals surface area contributed by atoms with Crippen LogP contribution in [0.15, 0.2) is 29.2 Å². The summed E-state index contributed by atoms with van der Waals surface area (Å²) in [7, 11) is -4.43. The number of sulfonamides is 1. The van der Waals surface area contributed by atoms with E-state index in [2.05, 4.69) is 4.98 Å². The van der Waals surface area contributed by atoms with Crippen molar-refractivity contribution in [3.63, 3.8) is 0 Å². The van der Waals surface area contributed by atoms with Crippen LogP contribution >= 0.6 is 11.6 Å². The molecule has 4 nitrogen and oxygen atoms in total. The first-order valence-corrected chi connectivity index (χ1v) is 7.38. The predicted octanol–water partition coefficient (Wildman–Crippen LogP) is 3.26. The van der Waals surface area contributed by atoms with Crippen molar-refractivity contribution in [3.8, 4) is 0 Å². The minimum absolute atomic E-state index is 0.0449. The fourth-order valence-electron chi connectivity index (χ4n) is 1.55. The lowest BCUT2D eigenvalue weighted by molar-refractivity contribution is 0.432. The molecule has 0 fully saturated rings. The maximum absolute atomic E-state index is 13.6. The van der Waals surface area contributed by atoms with E-state index in [-0.39, 0.29) is 16.5 Å². The first-order chi connectivity index (χ1) is 9.72. The molecule has 21 heavy (non-hydrogen) atoms. The Balaban J connectivity index is 2.46. The van der Waals surface area contributed by atoms with Crippen LogP contribution in [0.4, 0.5) is 18.9 Å². The fraction of sp³-hybridized carbons (Fsp3) is 0.0833. The molecule has 0 radical (unpaired) electrons. The summed E-state index contributed by atoms with van der Waals surface area (Å²) in [4.78, 5) is 2.81. The van der Waals surface area contributed by atoms with Gasteiger partial charge in [-0.25, -0.2) is 26.6 Å². The molecule has 2 aromatic rings. The highest BCUT2D eigenvalue weighted by molar-refractivity contribution is 7.92. The van der Waals surface area contributed by atoms with E-state index in [4.69, 9.17) is 11.6 Å². The van der Waals surface area contributed by atoms with Crippen LogP contribution < -0.4 is 4.72 Å². The summed E-state index contributed by atoms with van der Waals surface area (Å²) in [6.07, 6.45) is 0. The summed E-state index contributed by atoms with van der Waals surface area (Å²) in [5.41, 5.74) is 0.289. The molecule has 1 aromatic heterocycles. The average molecular weight is 337 g/mol. The lowest BCUT2D eigenvalue weighted by Crippen LogP contribution is -2.16. The second-order valence-corrected chi connectivity index (χ2v) is 6.08. The summed E-state index contributed by atoms with van der Waals surface area (Å²) in [5, 5.41) is 0.148. The Morgan fingerprint density at radius 3 is 2.38 bits per heavy atom. The number of hydrogen-bond donors (Lipinski definition) is 1. The second-order valence-electron chi connectivity index (χ2n) is 4.05. The molecule has 0 aliphatic heterocycles. The lowest BCUT2D eigenvalue weighted by Gasteiger charge is -2.11. The van der Waals surface area contributed by atoms with Crippen molar-refractivity contribution in [3.05, 3.63) is 52.6 Å². The zero-order chi connectivity index (χ0) is 15.8. The van der Waals surface area contributed by atoms with E-state index >= 15 is 0 Å². The molecule has 2 rings (SSSR count). The van der Waals surface area contributed by atoms with Gasteiger partial charge in [-0.2, -0.15) is 0 Å². The third-order valence-electron chi connectivity index (χ3n) is 2.59. The maximum atomic E-state index is 13.6. The van der Waals surface area contributed by atoms with Crippen LogP contribution in [-0.2, 0) is 10.0 Å². The molecule has 0 amide bonds. The quantitative estimate of drug-likeness (QED) is 0.691. The predicted molar refractivity (Wildman–Crippen MR) is 71.1 cm³/mol. The van der Waals surface area contributed by atoms with Gasteiger partial charge < -0.3 is 0 Å². The van der Waals surface area contributed by atoms with Crippen LogP contribution in [0, 0.1) is 24.4 Å². The molecule has 112 valence electrons. The molecule has 0 bridgehead atoms. The van der Waals surface area contributed by atoms with Gasteiger partial charge in [-0.1, -0.05) is 11.6 Å². The van der Waals surface area contributed by atoms with E-state index in [0.717, 1.165) is 0 Å². The highest BCUT2D eigenvalue weighted by atomic mass is 35.5. The first kappa shape index (κ1) is 15.6. The van der Waals surface area contributed by atoms with Gasteiger partial charge in [-0.3, -0.25) is 4.72 Å². The van der Waals surface area contributed by atoms with E-state index < -0.39 is 32.4 Å². The van der Waals surface area contributed by atoms with E-state index in [9.17, 15) is 21.6 Å². The van der Waals surface area contributed by atoms with Crippen LogP contribution in [0.2, 0.25) is 5.15 Å². The van der Waals surface area contributed by atoms with E-state index in [1.54, 1.807) is 0 Å². The smallest absolute Gasteiger partial charge is 0.264 e. The normalized spacial score (nSPS) is 11.5. The summed E-state index contributed by atoms with van der Waals surface area (Å²) in [6.45, 7) is 1.48. The number of hydrogen-bond acceptors (Lipinski definition) is 3. The molecule has 1 aromatic carbocycles. The van der Waals surface area contributed by atoms with Gasteiger partial charge in [0.05, 0.1) is 11.4 Å². The van der Waals surface area contributed by atoms with Gasteiger partial charge in [0.1, 0.15) is 10.0 Å². The monoisotopic (exact) mass is 336 g/mol. The number of aromatic nitrogens is 1. The van der Waals surface area contributed by atoms with E-state index in [1.807, 2.05) is 4.72 Å². The van der Waals surface area contributed by atoms with Gasteiger partial charge in [0, 0.05) is 0 Å². The number of halogens is 4. The minimum atomic E-state index is -4.43. The standard InChI is InChI=1S/C12H8ClF3N2O2S/c1-6-8(3-5-10(13)17-6)18-21(19,20)9-4-2-7(14)11(15)12(9)16/h2-5,18H,1H3. The molecule has 0 saturated carbocycles. The summed E-state index contributed by atoms with van der Waals surface area (Å²) in [5.74, 6) is -5.12. The molecular weight excluding hydrogens is 329 g/mol. The molecule has 1 heterocycles. The Labute approximate surface area is 123 Å².